The van der Waals surface area contributed by atoms with E-state index in [1.807, 2.05) is 20.8 Å². The second-order valence-electron chi connectivity index (χ2n) is 4.78. The number of carbonyl (C=O) groups is 2. The minimum absolute atomic E-state index is 0.237. The van der Waals surface area contributed by atoms with Crippen LogP contribution in [0.1, 0.15) is 45.3 Å². The van der Waals surface area contributed by atoms with Crippen molar-refractivity contribution >= 4 is 28.2 Å². The predicted molar refractivity (Wildman–Crippen MR) is 85.6 cm³/mol. The molecule has 0 saturated carbocycles. The molecule has 2 heterocycles. The summed E-state index contributed by atoms with van der Waals surface area (Å²) in [5.41, 5.74) is 2.09. The molecule has 0 spiro atoms. The lowest BCUT2D eigenvalue weighted by Crippen LogP contribution is -2.16. The third-order valence-electron chi connectivity index (χ3n) is 3.05. The van der Waals surface area contributed by atoms with Crippen molar-refractivity contribution in [3.63, 3.8) is 0 Å². The second-order valence-corrected chi connectivity index (χ2v) is 5.84. The van der Waals surface area contributed by atoms with Gasteiger partial charge in [0.1, 0.15) is 10.6 Å². The van der Waals surface area contributed by atoms with Crippen LogP contribution in [0, 0.1) is 13.8 Å². The second kappa shape index (κ2) is 6.74. The highest BCUT2D eigenvalue weighted by Crippen LogP contribution is 2.27. The third-order valence-corrected chi connectivity index (χ3v) is 4.18. The van der Waals surface area contributed by atoms with Crippen LogP contribution in [-0.4, -0.2) is 28.3 Å². The average molecular weight is 321 g/mol. The molecule has 0 unspecified atom stereocenters. The fraction of sp³-hybridized carbons (Fsp3) is 0.400. The van der Waals surface area contributed by atoms with E-state index in [1.165, 1.54) is 11.3 Å². The Hall–Kier alpha value is -2.15. The number of esters is 1. The highest BCUT2D eigenvalue weighted by Gasteiger charge is 2.18. The zero-order valence-electron chi connectivity index (χ0n) is 13.1. The van der Waals surface area contributed by atoms with E-state index in [2.05, 4.69) is 10.4 Å². The van der Waals surface area contributed by atoms with E-state index in [1.54, 1.807) is 23.7 Å². The first-order valence-electron chi connectivity index (χ1n) is 7.09. The van der Waals surface area contributed by atoms with E-state index in [9.17, 15) is 9.59 Å². The fourth-order valence-electron chi connectivity index (χ4n) is 2.09. The normalized spacial score (nSPS) is 10.5. The third kappa shape index (κ3) is 3.36. The minimum Gasteiger partial charge on any atom is -0.462 e. The van der Waals surface area contributed by atoms with E-state index < -0.39 is 0 Å². The van der Waals surface area contributed by atoms with Crippen LogP contribution in [0.4, 0.5) is 5.00 Å². The van der Waals surface area contributed by atoms with Crippen molar-refractivity contribution in [2.75, 3.05) is 11.9 Å². The summed E-state index contributed by atoms with van der Waals surface area (Å²) in [6.07, 6.45) is 0. The van der Waals surface area contributed by atoms with Crippen molar-refractivity contribution < 1.29 is 14.3 Å². The Kier molecular flexibility index (Phi) is 4.97. The first-order chi connectivity index (χ1) is 10.5. The quantitative estimate of drug-likeness (QED) is 0.859. The molecule has 22 heavy (non-hydrogen) atoms. The van der Waals surface area contributed by atoms with Crippen molar-refractivity contribution in [3.05, 3.63) is 34.0 Å². The predicted octanol–water partition coefficient (Wildman–Crippen LogP) is 3.01. The molecule has 7 heteroatoms. The van der Waals surface area contributed by atoms with Crippen LogP contribution >= 0.6 is 11.3 Å². The molecule has 2 aromatic heterocycles. The molecule has 6 nitrogen and oxygen atoms in total. The number of rotatable bonds is 5. The van der Waals surface area contributed by atoms with Gasteiger partial charge in [0.15, 0.2) is 0 Å². The van der Waals surface area contributed by atoms with E-state index >= 15 is 0 Å². The number of aryl methyl sites for hydroxylation is 3. The lowest BCUT2D eigenvalue weighted by Gasteiger charge is -2.04. The van der Waals surface area contributed by atoms with Gasteiger partial charge in [0.25, 0.3) is 5.91 Å². The molecule has 2 aromatic rings. The van der Waals surface area contributed by atoms with Crippen LogP contribution < -0.4 is 5.32 Å². The van der Waals surface area contributed by atoms with Crippen LogP contribution in [0.25, 0.3) is 0 Å². The van der Waals surface area contributed by atoms with Crippen LogP contribution in [0.15, 0.2) is 12.1 Å². The van der Waals surface area contributed by atoms with E-state index in [0.717, 1.165) is 11.3 Å². The zero-order valence-corrected chi connectivity index (χ0v) is 13.9. The van der Waals surface area contributed by atoms with Crippen molar-refractivity contribution in [2.24, 2.45) is 0 Å². The SMILES string of the molecule is CCOC(=O)c1sc(NC(=O)c2cc(C)nn2CC)cc1C. The maximum Gasteiger partial charge on any atom is 0.348 e. The van der Waals surface area contributed by atoms with Gasteiger partial charge in [-0.15, -0.1) is 11.3 Å². The van der Waals surface area contributed by atoms with Gasteiger partial charge in [-0.2, -0.15) is 5.10 Å². The fourth-order valence-corrected chi connectivity index (χ4v) is 3.05. The summed E-state index contributed by atoms with van der Waals surface area (Å²) in [4.78, 5) is 24.7. The maximum atomic E-state index is 12.3. The Morgan fingerprint density at radius 2 is 2.05 bits per heavy atom. The molecule has 118 valence electrons. The number of ether oxygens (including phenoxy) is 1. The monoisotopic (exact) mass is 321 g/mol. The van der Waals surface area contributed by atoms with E-state index in [4.69, 9.17) is 4.74 Å². The first kappa shape index (κ1) is 16.2. The smallest absolute Gasteiger partial charge is 0.348 e. The van der Waals surface area contributed by atoms with E-state index in [0.29, 0.717) is 28.7 Å². The van der Waals surface area contributed by atoms with Crippen LogP contribution in [0.5, 0.6) is 0 Å². The number of nitrogens with zero attached hydrogens (tertiary/aromatic N) is 2. The Labute approximate surface area is 133 Å². The van der Waals surface area contributed by atoms with Crippen molar-refractivity contribution in [1.82, 2.24) is 9.78 Å². The number of hydrogen-bond donors (Lipinski definition) is 1. The number of anilines is 1. The number of hydrogen-bond acceptors (Lipinski definition) is 5. The Morgan fingerprint density at radius 1 is 1.32 bits per heavy atom. The van der Waals surface area contributed by atoms with Crippen LogP contribution in [-0.2, 0) is 11.3 Å². The van der Waals surface area contributed by atoms with Gasteiger partial charge >= 0.3 is 5.97 Å². The highest BCUT2D eigenvalue weighted by atomic mass is 32.1. The standard InChI is InChI=1S/C15H19N3O3S/c1-5-18-11(8-10(4)17-18)14(19)16-12-7-9(3)13(22-12)15(20)21-6-2/h7-8H,5-6H2,1-4H3,(H,16,19). The van der Waals surface area contributed by atoms with Gasteiger partial charge in [-0.1, -0.05) is 0 Å². The molecule has 0 aliphatic carbocycles. The Morgan fingerprint density at radius 3 is 2.68 bits per heavy atom. The molecular formula is C15H19N3O3S. The molecular weight excluding hydrogens is 302 g/mol. The van der Waals surface area contributed by atoms with Gasteiger partial charge in [0, 0.05) is 6.54 Å². The van der Waals surface area contributed by atoms with Gasteiger partial charge < -0.3 is 10.1 Å². The number of aromatic nitrogens is 2. The highest BCUT2D eigenvalue weighted by molar-refractivity contribution is 7.18. The molecule has 1 amide bonds. The number of carbonyl (C=O) groups excluding carboxylic acids is 2. The molecule has 1 N–H and O–H groups in total. The largest absolute Gasteiger partial charge is 0.462 e. The molecule has 0 aliphatic rings. The molecule has 0 aromatic carbocycles. The molecule has 0 bridgehead atoms. The summed E-state index contributed by atoms with van der Waals surface area (Å²) in [6, 6.07) is 3.51. The molecule has 0 atom stereocenters. The van der Waals surface area contributed by atoms with E-state index in [-0.39, 0.29) is 11.9 Å². The lowest BCUT2D eigenvalue weighted by molar-refractivity contribution is 0.0531. The number of nitrogens with one attached hydrogen (secondary N) is 1. The van der Waals surface area contributed by atoms with Gasteiger partial charge in [0.2, 0.25) is 0 Å². The summed E-state index contributed by atoms with van der Waals surface area (Å²) >= 11 is 1.21. The van der Waals surface area contributed by atoms with Crippen molar-refractivity contribution in [1.29, 1.82) is 0 Å². The van der Waals surface area contributed by atoms with Crippen LogP contribution in [0.3, 0.4) is 0 Å². The molecule has 0 saturated heterocycles. The molecule has 0 aliphatic heterocycles. The number of amides is 1. The summed E-state index contributed by atoms with van der Waals surface area (Å²) in [6.45, 7) is 8.30. The van der Waals surface area contributed by atoms with Gasteiger partial charge in [-0.05, 0) is 45.4 Å². The first-order valence-corrected chi connectivity index (χ1v) is 7.91. The zero-order chi connectivity index (χ0) is 16.3. The van der Waals surface area contributed by atoms with Crippen LogP contribution in [0.2, 0.25) is 0 Å². The van der Waals surface area contributed by atoms with Gasteiger partial charge in [-0.3, -0.25) is 9.48 Å². The Balaban J connectivity index is 2.18. The lowest BCUT2D eigenvalue weighted by atomic mass is 10.3. The topological polar surface area (TPSA) is 73.2 Å². The molecule has 0 radical (unpaired) electrons. The van der Waals surface area contributed by atoms with Gasteiger partial charge in [0.05, 0.1) is 17.3 Å². The molecule has 0 fully saturated rings. The van der Waals surface area contributed by atoms with Crippen molar-refractivity contribution in [2.45, 2.75) is 34.2 Å². The maximum absolute atomic E-state index is 12.3. The minimum atomic E-state index is -0.361. The summed E-state index contributed by atoms with van der Waals surface area (Å²) in [7, 11) is 0. The summed E-state index contributed by atoms with van der Waals surface area (Å²) in [5.74, 6) is -0.598. The van der Waals surface area contributed by atoms with Crippen molar-refractivity contribution in [3.8, 4) is 0 Å². The summed E-state index contributed by atoms with van der Waals surface area (Å²) in [5, 5.41) is 7.69. The molecule has 2 rings (SSSR count). The number of thiophene rings is 1. The Bertz CT molecular complexity index is 703. The summed E-state index contributed by atoms with van der Waals surface area (Å²) < 4.78 is 6.65. The average Bonchev–Trinajstić information content (AvgIpc) is 3.02. The van der Waals surface area contributed by atoms with Gasteiger partial charge in [-0.25, -0.2) is 4.79 Å².